The molecule has 3 heteroatoms. The molecule has 1 unspecified atom stereocenters. The van der Waals surface area contributed by atoms with Gasteiger partial charge in [-0.25, -0.2) is 0 Å². The summed E-state index contributed by atoms with van der Waals surface area (Å²) >= 11 is 3.62. The number of rotatable bonds is 3. The number of alkyl halides is 1. The minimum atomic E-state index is 0.391. The van der Waals surface area contributed by atoms with Crippen LogP contribution in [0.15, 0.2) is 0 Å². The van der Waals surface area contributed by atoms with Crippen LogP contribution >= 0.6 is 15.9 Å². The van der Waals surface area contributed by atoms with E-state index in [0.29, 0.717) is 5.41 Å². The summed E-state index contributed by atoms with van der Waals surface area (Å²) in [5.74, 6) is 0.723. The zero-order chi connectivity index (χ0) is 10.6. The summed E-state index contributed by atoms with van der Waals surface area (Å²) in [5.41, 5.74) is 0.391. The topological polar surface area (TPSA) is 12.5 Å². The minimum absolute atomic E-state index is 0.391. The second kappa shape index (κ2) is 5.47. The molecule has 1 saturated heterocycles. The molecule has 1 rings (SSSR count). The molecule has 0 N–H and O–H groups in total. The third-order valence-electron chi connectivity index (χ3n) is 2.99. The van der Waals surface area contributed by atoms with Crippen molar-refractivity contribution in [3.05, 3.63) is 0 Å². The van der Waals surface area contributed by atoms with Crippen LogP contribution in [-0.4, -0.2) is 43.1 Å². The van der Waals surface area contributed by atoms with E-state index in [-0.39, 0.29) is 0 Å². The van der Waals surface area contributed by atoms with Gasteiger partial charge in [0.2, 0.25) is 0 Å². The highest BCUT2D eigenvalue weighted by molar-refractivity contribution is 9.09. The molecule has 1 heterocycles. The highest BCUT2D eigenvalue weighted by Crippen LogP contribution is 2.28. The summed E-state index contributed by atoms with van der Waals surface area (Å²) in [5, 5.41) is 1.09. The van der Waals surface area contributed by atoms with Crippen molar-refractivity contribution in [1.82, 2.24) is 4.90 Å². The SMILES string of the molecule is CC(C)(C)C(CBr)CN1CCOCC1. The van der Waals surface area contributed by atoms with Gasteiger partial charge in [0.1, 0.15) is 0 Å². The second-order valence-corrected chi connectivity index (χ2v) is 5.78. The molecule has 2 nitrogen and oxygen atoms in total. The largest absolute Gasteiger partial charge is 0.379 e. The first kappa shape index (κ1) is 12.5. The van der Waals surface area contributed by atoms with Crippen molar-refractivity contribution >= 4 is 15.9 Å². The van der Waals surface area contributed by atoms with Crippen LogP contribution in [-0.2, 0) is 4.74 Å². The summed E-state index contributed by atoms with van der Waals surface area (Å²) in [7, 11) is 0. The van der Waals surface area contributed by atoms with E-state index >= 15 is 0 Å². The average Bonchev–Trinajstić information content (AvgIpc) is 2.14. The third kappa shape index (κ3) is 3.87. The molecular weight excluding hydrogens is 242 g/mol. The van der Waals surface area contributed by atoms with E-state index < -0.39 is 0 Å². The Morgan fingerprint density at radius 3 is 2.29 bits per heavy atom. The van der Waals surface area contributed by atoms with Crippen molar-refractivity contribution < 1.29 is 4.74 Å². The standard InChI is InChI=1S/C11H22BrNO/c1-11(2,3)10(8-12)9-13-4-6-14-7-5-13/h10H,4-9H2,1-3H3. The second-order valence-electron chi connectivity index (χ2n) is 5.13. The Kier molecular flexibility index (Phi) is 4.88. The number of halogens is 1. The molecule has 1 fully saturated rings. The molecule has 0 amide bonds. The van der Waals surface area contributed by atoms with E-state index in [1.165, 1.54) is 6.54 Å². The lowest BCUT2D eigenvalue weighted by molar-refractivity contribution is 0.0234. The fourth-order valence-electron chi connectivity index (χ4n) is 1.65. The quantitative estimate of drug-likeness (QED) is 0.726. The summed E-state index contributed by atoms with van der Waals surface area (Å²) in [4.78, 5) is 2.51. The molecule has 0 saturated carbocycles. The van der Waals surface area contributed by atoms with Gasteiger partial charge >= 0.3 is 0 Å². The maximum absolute atomic E-state index is 5.35. The van der Waals surface area contributed by atoms with Crippen LogP contribution in [0.1, 0.15) is 20.8 Å². The molecular formula is C11H22BrNO. The molecule has 0 aromatic heterocycles. The Balaban J connectivity index is 2.39. The van der Waals surface area contributed by atoms with E-state index in [4.69, 9.17) is 4.74 Å². The van der Waals surface area contributed by atoms with Crippen LogP contribution in [0.4, 0.5) is 0 Å². The lowest BCUT2D eigenvalue weighted by Gasteiger charge is -2.36. The molecule has 0 radical (unpaired) electrons. The van der Waals surface area contributed by atoms with Crippen LogP contribution in [0.5, 0.6) is 0 Å². The molecule has 1 aliphatic heterocycles. The Hall–Kier alpha value is 0.400. The lowest BCUT2D eigenvalue weighted by atomic mass is 9.82. The fourth-order valence-corrected chi connectivity index (χ4v) is 2.83. The number of nitrogens with zero attached hydrogens (tertiary/aromatic N) is 1. The normalized spacial score (nSPS) is 22.3. The third-order valence-corrected chi connectivity index (χ3v) is 3.77. The molecule has 1 aliphatic rings. The van der Waals surface area contributed by atoms with Crippen molar-refractivity contribution in [2.45, 2.75) is 20.8 Å². The van der Waals surface area contributed by atoms with Crippen LogP contribution < -0.4 is 0 Å². The van der Waals surface area contributed by atoms with Crippen molar-refractivity contribution in [3.63, 3.8) is 0 Å². The Morgan fingerprint density at radius 2 is 1.86 bits per heavy atom. The van der Waals surface area contributed by atoms with Gasteiger partial charge in [-0.15, -0.1) is 0 Å². The number of hydrogen-bond donors (Lipinski definition) is 0. The van der Waals surface area contributed by atoms with Crippen molar-refractivity contribution in [1.29, 1.82) is 0 Å². The van der Waals surface area contributed by atoms with E-state index in [9.17, 15) is 0 Å². The van der Waals surface area contributed by atoms with Crippen LogP contribution in [0.25, 0.3) is 0 Å². The first-order valence-electron chi connectivity index (χ1n) is 5.40. The predicted molar refractivity (Wildman–Crippen MR) is 64.0 cm³/mol. The molecule has 0 aliphatic carbocycles. The number of ether oxygens (including phenoxy) is 1. The highest BCUT2D eigenvalue weighted by atomic mass is 79.9. The highest BCUT2D eigenvalue weighted by Gasteiger charge is 2.26. The van der Waals surface area contributed by atoms with Gasteiger partial charge in [-0.3, -0.25) is 4.90 Å². The van der Waals surface area contributed by atoms with Gasteiger partial charge in [-0.05, 0) is 11.3 Å². The maximum atomic E-state index is 5.35. The van der Waals surface area contributed by atoms with Gasteiger partial charge in [-0.1, -0.05) is 36.7 Å². The summed E-state index contributed by atoms with van der Waals surface area (Å²) in [6.07, 6.45) is 0. The number of hydrogen-bond acceptors (Lipinski definition) is 2. The zero-order valence-corrected chi connectivity index (χ0v) is 11.1. The van der Waals surface area contributed by atoms with E-state index in [0.717, 1.165) is 37.6 Å². The van der Waals surface area contributed by atoms with Gasteiger partial charge < -0.3 is 4.74 Å². The monoisotopic (exact) mass is 263 g/mol. The molecule has 84 valence electrons. The Morgan fingerprint density at radius 1 is 1.29 bits per heavy atom. The van der Waals surface area contributed by atoms with Crippen LogP contribution in [0.2, 0.25) is 0 Å². The molecule has 14 heavy (non-hydrogen) atoms. The van der Waals surface area contributed by atoms with Crippen molar-refractivity contribution in [2.75, 3.05) is 38.2 Å². The van der Waals surface area contributed by atoms with E-state index in [1.54, 1.807) is 0 Å². The first-order chi connectivity index (χ1) is 6.54. The summed E-state index contributed by atoms with van der Waals surface area (Å²) in [6.45, 7) is 12.1. The summed E-state index contributed by atoms with van der Waals surface area (Å²) < 4.78 is 5.35. The van der Waals surface area contributed by atoms with Gasteiger partial charge in [0, 0.05) is 25.0 Å². The van der Waals surface area contributed by atoms with Gasteiger partial charge in [0.15, 0.2) is 0 Å². The molecule has 1 atom stereocenters. The van der Waals surface area contributed by atoms with Gasteiger partial charge in [0.05, 0.1) is 13.2 Å². The molecule has 0 aromatic rings. The lowest BCUT2D eigenvalue weighted by Crippen LogP contribution is -2.42. The molecule has 0 bridgehead atoms. The van der Waals surface area contributed by atoms with E-state index in [2.05, 4.69) is 41.6 Å². The zero-order valence-electron chi connectivity index (χ0n) is 9.55. The smallest absolute Gasteiger partial charge is 0.0594 e. The molecule has 0 aromatic carbocycles. The van der Waals surface area contributed by atoms with Crippen LogP contribution in [0.3, 0.4) is 0 Å². The maximum Gasteiger partial charge on any atom is 0.0594 e. The van der Waals surface area contributed by atoms with Crippen LogP contribution in [0, 0.1) is 11.3 Å². The minimum Gasteiger partial charge on any atom is -0.379 e. The Labute approximate surface area is 96.1 Å². The van der Waals surface area contributed by atoms with E-state index in [1.807, 2.05) is 0 Å². The average molecular weight is 264 g/mol. The summed E-state index contributed by atoms with van der Waals surface area (Å²) in [6, 6.07) is 0. The van der Waals surface area contributed by atoms with Gasteiger partial charge in [0.25, 0.3) is 0 Å². The predicted octanol–water partition coefficient (Wildman–Crippen LogP) is 2.38. The van der Waals surface area contributed by atoms with Crippen molar-refractivity contribution in [2.24, 2.45) is 11.3 Å². The van der Waals surface area contributed by atoms with Gasteiger partial charge in [-0.2, -0.15) is 0 Å². The first-order valence-corrected chi connectivity index (χ1v) is 6.52. The fraction of sp³-hybridized carbons (Fsp3) is 1.00. The Bertz CT molecular complexity index is 161. The number of morpholine rings is 1. The van der Waals surface area contributed by atoms with Crippen molar-refractivity contribution in [3.8, 4) is 0 Å². The molecule has 0 spiro atoms.